The van der Waals surface area contributed by atoms with Crippen LogP contribution in [0.15, 0.2) is 24.3 Å². The van der Waals surface area contributed by atoms with E-state index in [9.17, 15) is 17.6 Å². The lowest BCUT2D eigenvalue weighted by molar-refractivity contribution is -0.135. The predicted octanol–water partition coefficient (Wildman–Crippen LogP) is 1.64. The van der Waals surface area contributed by atoms with E-state index >= 15 is 0 Å². The first-order valence-corrected chi connectivity index (χ1v) is 11.4. The fraction of sp³-hybridized carbons (Fsp3) is 0.632. The van der Waals surface area contributed by atoms with Crippen molar-refractivity contribution in [2.45, 2.75) is 37.8 Å². The molecule has 3 rings (SSSR count). The van der Waals surface area contributed by atoms with E-state index in [2.05, 4.69) is 0 Å². The van der Waals surface area contributed by atoms with Gasteiger partial charge in [0.05, 0.1) is 6.26 Å². The lowest BCUT2D eigenvalue weighted by Crippen LogP contribution is -2.56. The summed E-state index contributed by atoms with van der Waals surface area (Å²) >= 11 is 0. The number of likely N-dealkylation sites (tertiary alicyclic amines) is 1. The molecule has 2 aliphatic heterocycles. The van der Waals surface area contributed by atoms with Gasteiger partial charge in [-0.15, -0.1) is 0 Å². The molecule has 0 aliphatic carbocycles. The monoisotopic (exact) mass is 414 g/mol. The molecule has 2 fully saturated rings. The zero-order chi connectivity index (χ0) is 20.1. The fourth-order valence-corrected chi connectivity index (χ4v) is 5.40. The number of amides is 1. The van der Waals surface area contributed by atoms with Crippen LogP contribution in [0.1, 0.15) is 25.7 Å². The molecule has 0 N–H and O–H groups in total. The number of piperidine rings is 1. The van der Waals surface area contributed by atoms with Crippen LogP contribution in [0.5, 0.6) is 5.75 Å². The molecule has 9 heteroatoms. The highest BCUT2D eigenvalue weighted by atomic mass is 32.2. The molecule has 1 unspecified atom stereocenters. The molecule has 2 saturated heterocycles. The van der Waals surface area contributed by atoms with E-state index in [0.717, 1.165) is 12.8 Å². The first kappa shape index (κ1) is 21.0. The Kier molecular flexibility index (Phi) is 6.90. The van der Waals surface area contributed by atoms with Gasteiger partial charge in [-0.25, -0.2) is 12.8 Å². The Bertz CT molecular complexity index is 765. The summed E-state index contributed by atoms with van der Waals surface area (Å²) in [5, 5.41) is 0. The topological polar surface area (TPSA) is 76.2 Å². The minimum atomic E-state index is -3.40. The van der Waals surface area contributed by atoms with Gasteiger partial charge in [-0.1, -0.05) is 0 Å². The maximum atomic E-state index is 13.0. The van der Waals surface area contributed by atoms with E-state index in [4.69, 9.17) is 9.47 Å². The van der Waals surface area contributed by atoms with Crippen LogP contribution in [-0.2, 0) is 19.6 Å². The summed E-state index contributed by atoms with van der Waals surface area (Å²) in [5.41, 5.74) is 0. The van der Waals surface area contributed by atoms with Crippen LogP contribution >= 0.6 is 0 Å². The van der Waals surface area contributed by atoms with Crippen molar-refractivity contribution in [1.29, 1.82) is 0 Å². The van der Waals surface area contributed by atoms with E-state index in [1.54, 1.807) is 9.21 Å². The van der Waals surface area contributed by atoms with E-state index in [0.29, 0.717) is 44.9 Å². The Balaban J connectivity index is 1.62. The van der Waals surface area contributed by atoms with Crippen molar-refractivity contribution in [2.75, 3.05) is 39.2 Å². The van der Waals surface area contributed by atoms with Crippen LogP contribution in [0.3, 0.4) is 0 Å². The second-order valence-corrected chi connectivity index (χ2v) is 9.20. The number of benzene rings is 1. The molecule has 2 aliphatic rings. The van der Waals surface area contributed by atoms with Crippen molar-refractivity contribution in [3.05, 3.63) is 30.1 Å². The third-order valence-electron chi connectivity index (χ3n) is 5.22. The number of hydrogen-bond donors (Lipinski definition) is 0. The van der Waals surface area contributed by atoms with E-state index in [1.165, 1.54) is 30.5 Å². The number of rotatable bonds is 6. The summed E-state index contributed by atoms with van der Waals surface area (Å²) < 4.78 is 50.3. The molecule has 1 atom stereocenters. The molecule has 1 aromatic rings. The molecule has 0 bridgehead atoms. The summed E-state index contributed by atoms with van der Waals surface area (Å²) in [6, 6.07) is 5.17. The van der Waals surface area contributed by atoms with Gasteiger partial charge in [-0.3, -0.25) is 4.79 Å². The molecular weight excluding hydrogens is 387 g/mol. The Labute approximate surface area is 165 Å². The smallest absolute Gasteiger partial charge is 0.260 e. The number of halogens is 1. The zero-order valence-electron chi connectivity index (χ0n) is 16.0. The lowest BCUT2D eigenvalue weighted by Gasteiger charge is -2.42. The van der Waals surface area contributed by atoms with Crippen molar-refractivity contribution < 1.29 is 27.1 Å². The number of carbonyl (C=O) groups excluding carboxylic acids is 1. The average Bonchev–Trinajstić information content (AvgIpc) is 2.67. The number of carbonyl (C=O) groups is 1. The second kappa shape index (κ2) is 9.19. The molecule has 7 nitrogen and oxygen atoms in total. The quantitative estimate of drug-likeness (QED) is 0.707. The molecule has 1 amide bonds. The minimum absolute atomic E-state index is 0.0840. The number of sulfonamides is 1. The van der Waals surface area contributed by atoms with Crippen LogP contribution in [0.4, 0.5) is 4.39 Å². The zero-order valence-corrected chi connectivity index (χ0v) is 16.9. The molecule has 0 spiro atoms. The average molecular weight is 414 g/mol. The van der Waals surface area contributed by atoms with Crippen LogP contribution in [0.2, 0.25) is 0 Å². The maximum absolute atomic E-state index is 13.0. The molecule has 156 valence electrons. The molecule has 1 aromatic carbocycles. The van der Waals surface area contributed by atoms with Crippen LogP contribution in [0.25, 0.3) is 0 Å². The van der Waals surface area contributed by atoms with Gasteiger partial charge >= 0.3 is 0 Å². The maximum Gasteiger partial charge on any atom is 0.260 e. The number of nitrogens with zero attached hydrogens (tertiary/aromatic N) is 2. The first-order chi connectivity index (χ1) is 13.3. The molecule has 0 radical (unpaired) electrons. The van der Waals surface area contributed by atoms with Gasteiger partial charge in [0, 0.05) is 38.4 Å². The third-order valence-corrected chi connectivity index (χ3v) is 6.58. The molecule has 2 heterocycles. The van der Waals surface area contributed by atoms with Crippen molar-refractivity contribution in [3.63, 3.8) is 0 Å². The van der Waals surface area contributed by atoms with Crippen molar-refractivity contribution in [3.8, 4) is 5.75 Å². The summed E-state index contributed by atoms with van der Waals surface area (Å²) in [6.07, 6.45) is 4.05. The highest BCUT2D eigenvalue weighted by Gasteiger charge is 2.37. The van der Waals surface area contributed by atoms with Gasteiger partial charge in [0.2, 0.25) is 10.0 Å². The lowest BCUT2D eigenvalue weighted by atomic mass is 10.0. The minimum Gasteiger partial charge on any atom is -0.484 e. The van der Waals surface area contributed by atoms with Gasteiger partial charge in [0.25, 0.3) is 5.91 Å². The van der Waals surface area contributed by atoms with Crippen molar-refractivity contribution >= 4 is 15.9 Å². The molecular formula is C19H27FN2O5S. The Morgan fingerprint density at radius 1 is 1.21 bits per heavy atom. The van der Waals surface area contributed by atoms with E-state index in [-0.39, 0.29) is 30.4 Å². The van der Waals surface area contributed by atoms with E-state index < -0.39 is 10.0 Å². The van der Waals surface area contributed by atoms with Gasteiger partial charge in [-0.05, 0) is 49.9 Å². The summed E-state index contributed by atoms with van der Waals surface area (Å²) in [5.74, 6) is -0.149. The van der Waals surface area contributed by atoms with Gasteiger partial charge in [0.1, 0.15) is 11.6 Å². The Hall–Kier alpha value is -1.71. The van der Waals surface area contributed by atoms with E-state index in [1.807, 2.05) is 0 Å². The largest absolute Gasteiger partial charge is 0.484 e. The SMILES string of the molecule is CS(=O)(=O)N(C1CCOCC1)C1CCCN(C(=O)COc2ccc(F)cc2)C1. The number of hydrogen-bond acceptors (Lipinski definition) is 5. The third kappa shape index (κ3) is 5.42. The van der Waals surface area contributed by atoms with Crippen molar-refractivity contribution in [2.24, 2.45) is 0 Å². The summed E-state index contributed by atoms with van der Waals surface area (Å²) in [6.45, 7) is 1.88. The molecule has 0 aromatic heterocycles. The fourth-order valence-electron chi connectivity index (χ4n) is 3.94. The number of ether oxygens (including phenoxy) is 2. The highest BCUT2D eigenvalue weighted by molar-refractivity contribution is 7.88. The Morgan fingerprint density at radius 2 is 1.89 bits per heavy atom. The first-order valence-electron chi connectivity index (χ1n) is 9.57. The highest BCUT2D eigenvalue weighted by Crippen LogP contribution is 2.26. The van der Waals surface area contributed by atoms with Gasteiger partial charge in [0.15, 0.2) is 6.61 Å². The predicted molar refractivity (Wildman–Crippen MR) is 102 cm³/mol. The second-order valence-electron chi connectivity index (χ2n) is 7.31. The summed E-state index contributed by atoms with van der Waals surface area (Å²) in [7, 11) is -3.40. The van der Waals surface area contributed by atoms with Gasteiger partial charge < -0.3 is 14.4 Å². The standard InChI is InChI=1S/C19H27FN2O5S/c1-28(24,25)22(16-8-11-26-12-9-16)17-3-2-10-21(13-17)19(23)14-27-18-6-4-15(20)5-7-18/h4-7,16-17H,2-3,8-14H2,1H3. The molecule has 0 saturated carbocycles. The van der Waals surface area contributed by atoms with Crippen LogP contribution in [0, 0.1) is 5.82 Å². The van der Waals surface area contributed by atoms with Crippen LogP contribution in [-0.4, -0.2) is 74.8 Å². The summed E-state index contributed by atoms with van der Waals surface area (Å²) in [4.78, 5) is 14.2. The normalized spacial score (nSPS) is 21.7. The van der Waals surface area contributed by atoms with Crippen LogP contribution < -0.4 is 4.74 Å². The van der Waals surface area contributed by atoms with Crippen molar-refractivity contribution in [1.82, 2.24) is 9.21 Å². The molecule has 28 heavy (non-hydrogen) atoms. The van der Waals surface area contributed by atoms with Gasteiger partial charge in [-0.2, -0.15) is 4.31 Å². The Morgan fingerprint density at radius 3 is 2.54 bits per heavy atom.